The highest BCUT2D eigenvalue weighted by molar-refractivity contribution is 7.92. The van der Waals surface area contributed by atoms with E-state index in [9.17, 15) is 18.0 Å². The first kappa shape index (κ1) is 20.4. The fourth-order valence-electron chi connectivity index (χ4n) is 3.17. The number of hydrogen-bond acceptors (Lipinski definition) is 5. The summed E-state index contributed by atoms with van der Waals surface area (Å²) in [4.78, 5) is 24.9. The zero-order valence-corrected chi connectivity index (χ0v) is 17.1. The molecule has 0 aliphatic carbocycles. The predicted octanol–water partition coefficient (Wildman–Crippen LogP) is 3.61. The number of anilines is 1. The first-order valence-electron chi connectivity index (χ1n) is 8.83. The lowest BCUT2D eigenvalue weighted by Gasteiger charge is -2.34. The summed E-state index contributed by atoms with van der Waals surface area (Å²) in [6, 6.07) is 11.0. The van der Waals surface area contributed by atoms with Crippen molar-refractivity contribution in [2.45, 2.75) is 25.2 Å². The number of hydrogen-bond donors (Lipinski definition) is 0. The minimum absolute atomic E-state index is 0.114. The molecule has 28 heavy (non-hydrogen) atoms. The van der Waals surface area contributed by atoms with Gasteiger partial charge in [-0.15, -0.1) is 0 Å². The van der Waals surface area contributed by atoms with Gasteiger partial charge in [-0.05, 0) is 44.2 Å². The Bertz CT molecular complexity index is 1020. The Hall–Kier alpha value is -2.38. The summed E-state index contributed by atoms with van der Waals surface area (Å²) in [5.74, 6) is -1.70. The molecule has 0 saturated heterocycles. The van der Waals surface area contributed by atoms with Gasteiger partial charge in [-0.25, -0.2) is 8.42 Å². The van der Waals surface area contributed by atoms with Crippen molar-refractivity contribution in [3.05, 3.63) is 58.6 Å². The van der Waals surface area contributed by atoms with Crippen molar-refractivity contribution in [3.63, 3.8) is 0 Å². The van der Waals surface area contributed by atoms with Crippen molar-refractivity contribution in [1.29, 1.82) is 0 Å². The van der Waals surface area contributed by atoms with Crippen molar-refractivity contribution in [3.8, 4) is 0 Å². The molecule has 8 heteroatoms. The topological polar surface area (TPSA) is 80.8 Å². The van der Waals surface area contributed by atoms with Crippen LogP contribution in [-0.2, 0) is 19.6 Å². The molecule has 6 nitrogen and oxygen atoms in total. The molecule has 0 N–H and O–H groups in total. The van der Waals surface area contributed by atoms with Crippen molar-refractivity contribution >= 4 is 39.1 Å². The van der Waals surface area contributed by atoms with Crippen molar-refractivity contribution < 1.29 is 22.7 Å². The van der Waals surface area contributed by atoms with Crippen molar-refractivity contribution in [2.24, 2.45) is 5.92 Å². The van der Waals surface area contributed by atoms with Gasteiger partial charge >= 0.3 is 5.97 Å². The lowest BCUT2D eigenvalue weighted by atomic mass is 9.90. The number of Topliss-reactive ketones (excluding diaryl/α,β-unsaturated/α-hetero) is 1. The molecule has 1 atom stereocenters. The number of esters is 1. The number of sulfonamides is 1. The largest absolute Gasteiger partial charge is 0.466 e. The predicted molar refractivity (Wildman–Crippen MR) is 106 cm³/mol. The average molecular weight is 422 g/mol. The van der Waals surface area contributed by atoms with Crippen LogP contribution in [0.1, 0.15) is 29.3 Å². The Balaban J connectivity index is 2.06. The zero-order chi connectivity index (χ0) is 20.5. The van der Waals surface area contributed by atoms with Crippen LogP contribution in [0.25, 0.3) is 0 Å². The van der Waals surface area contributed by atoms with Crippen molar-refractivity contribution in [2.75, 3.05) is 17.5 Å². The van der Waals surface area contributed by atoms with Crippen LogP contribution in [0.3, 0.4) is 0 Å². The molecule has 1 unspecified atom stereocenters. The second-order valence-corrected chi connectivity index (χ2v) is 8.88. The van der Waals surface area contributed by atoms with Crippen LogP contribution in [-0.4, -0.2) is 33.3 Å². The van der Waals surface area contributed by atoms with Crippen LogP contribution in [0.5, 0.6) is 0 Å². The number of halogens is 1. The minimum atomic E-state index is -3.92. The second kappa shape index (κ2) is 7.93. The highest BCUT2D eigenvalue weighted by atomic mass is 35.5. The van der Waals surface area contributed by atoms with Gasteiger partial charge in [0.25, 0.3) is 10.0 Å². The summed E-state index contributed by atoms with van der Waals surface area (Å²) >= 11 is 6.03. The summed E-state index contributed by atoms with van der Waals surface area (Å²) in [7, 11) is -3.92. The van der Waals surface area contributed by atoms with Crippen LogP contribution >= 0.6 is 11.6 Å². The molecule has 2 aromatic rings. The first-order valence-corrected chi connectivity index (χ1v) is 10.6. The SMILES string of the molecule is CCOC(=O)CC1CN(S(=O)(=O)c2ccc(C)cc2)c2ccc(Cl)cc2C1=O. The number of rotatable bonds is 5. The van der Waals surface area contributed by atoms with Gasteiger partial charge in [0.05, 0.1) is 29.5 Å². The maximum Gasteiger partial charge on any atom is 0.306 e. The quantitative estimate of drug-likeness (QED) is 0.689. The molecule has 2 aromatic carbocycles. The number of aryl methyl sites for hydroxylation is 1. The number of ether oxygens (including phenoxy) is 1. The van der Waals surface area contributed by atoms with Crippen LogP contribution in [0, 0.1) is 12.8 Å². The third kappa shape index (κ3) is 3.91. The molecule has 0 amide bonds. The third-order valence-electron chi connectivity index (χ3n) is 4.58. The van der Waals surface area contributed by atoms with Crippen LogP contribution < -0.4 is 4.31 Å². The lowest BCUT2D eigenvalue weighted by molar-refractivity contribution is -0.143. The molecular formula is C20H20ClNO5S. The molecule has 0 fully saturated rings. The number of nitrogens with zero attached hydrogens (tertiary/aromatic N) is 1. The van der Waals surface area contributed by atoms with E-state index in [2.05, 4.69) is 0 Å². The van der Waals surface area contributed by atoms with E-state index in [-0.39, 0.29) is 41.5 Å². The zero-order valence-electron chi connectivity index (χ0n) is 15.5. The molecule has 1 heterocycles. The van der Waals surface area contributed by atoms with E-state index < -0.39 is 21.9 Å². The van der Waals surface area contributed by atoms with Crippen LogP contribution in [0.15, 0.2) is 47.4 Å². The molecule has 0 saturated carbocycles. The molecule has 0 aromatic heterocycles. The number of ketones is 1. The maximum atomic E-state index is 13.3. The van der Waals surface area contributed by atoms with Gasteiger partial charge < -0.3 is 4.74 Å². The Morgan fingerprint density at radius 1 is 1.21 bits per heavy atom. The first-order chi connectivity index (χ1) is 13.2. The normalized spacial score (nSPS) is 16.6. The maximum absolute atomic E-state index is 13.3. The van der Waals surface area contributed by atoms with E-state index in [0.29, 0.717) is 5.02 Å². The number of carbonyl (C=O) groups is 2. The van der Waals surface area contributed by atoms with Gasteiger partial charge in [-0.1, -0.05) is 29.3 Å². The van der Waals surface area contributed by atoms with Crippen LogP contribution in [0.2, 0.25) is 5.02 Å². The molecule has 148 valence electrons. The molecule has 0 spiro atoms. The monoisotopic (exact) mass is 421 g/mol. The second-order valence-electron chi connectivity index (χ2n) is 6.58. The van der Waals surface area contributed by atoms with Gasteiger partial charge in [0.1, 0.15) is 0 Å². The number of fused-ring (bicyclic) bond motifs is 1. The van der Waals surface area contributed by atoms with Gasteiger partial charge in [0.15, 0.2) is 5.78 Å². The summed E-state index contributed by atoms with van der Waals surface area (Å²) in [6.45, 7) is 3.59. The Labute approximate surface area is 169 Å². The van der Waals surface area contributed by atoms with E-state index in [1.807, 2.05) is 6.92 Å². The fraction of sp³-hybridized carbons (Fsp3) is 0.300. The smallest absolute Gasteiger partial charge is 0.306 e. The van der Waals surface area contributed by atoms with Gasteiger partial charge in [-0.3, -0.25) is 13.9 Å². The summed E-state index contributed by atoms with van der Waals surface area (Å²) in [5.41, 5.74) is 1.37. The van der Waals surface area contributed by atoms with E-state index in [0.717, 1.165) is 5.56 Å². The van der Waals surface area contributed by atoms with E-state index in [1.54, 1.807) is 19.1 Å². The summed E-state index contributed by atoms with van der Waals surface area (Å²) in [5, 5.41) is 0.316. The average Bonchev–Trinajstić information content (AvgIpc) is 2.64. The summed E-state index contributed by atoms with van der Waals surface area (Å²) in [6.07, 6.45) is -0.196. The molecule has 1 aliphatic heterocycles. The Morgan fingerprint density at radius 2 is 1.89 bits per heavy atom. The standard InChI is InChI=1S/C20H20ClNO5S/c1-3-27-19(23)10-14-12-22(18-9-6-15(21)11-17(18)20(14)24)28(25,26)16-7-4-13(2)5-8-16/h4-9,11,14H,3,10,12H2,1-2H3. The highest BCUT2D eigenvalue weighted by Gasteiger charge is 2.39. The number of benzene rings is 2. The molecular weight excluding hydrogens is 402 g/mol. The minimum Gasteiger partial charge on any atom is -0.466 e. The lowest BCUT2D eigenvalue weighted by Crippen LogP contribution is -2.43. The molecule has 0 radical (unpaired) electrons. The van der Waals surface area contributed by atoms with Crippen LogP contribution in [0.4, 0.5) is 5.69 Å². The summed E-state index contributed by atoms with van der Waals surface area (Å²) < 4.78 is 32.7. The van der Waals surface area contributed by atoms with Gasteiger partial charge in [0.2, 0.25) is 0 Å². The highest BCUT2D eigenvalue weighted by Crippen LogP contribution is 2.36. The molecule has 3 rings (SSSR count). The van der Waals surface area contributed by atoms with Gasteiger partial charge in [-0.2, -0.15) is 0 Å². The molecule has 1 aliphatic rings. The third-order valence-corrected chi connectivity index (χ3v) is 6.61. The van der Waals surface area contributed by atoms with E-state index in [4.69, 9.17) is 16.3 Å². The van der Waals surface area contributed by atoms with E-state index >= 15 is 0 Å². The number of carbonyl (C=O) groups excluding carboxylic acids is 2. The Morgan fingerprint density at radius 3 is 2.54 bits per heavy atom. The van der Waals surface area contributed by atoms with E-state index in [1.165, 1.54) is 34.6 Å². The Kier molecular flexibility index (Phi) is 5.76. The van der Waals surface area contributed by atoms with Crippen molar-refractivity contribution in [1.82, 2.24) is 0 Å². The van der Waals surface area contributed by atoms with Gasteiger partial charge in [0, 0.05) is 17.1 Å². The molecule has 0 bridgehead atoms. The fourth-order valence-corrected chi connectivity index (χ4v) is 4.87.